The number of pyridine rings is 1. The number of piperazine rings is 1. The largest absolute Gasteiger partial charge is 0.378 e. The van der Waals surface area contributed by atoms with Crippen LogP contribution in [0.15, 0.2) is 18.3 Å². The first-order valence-corrected chi connectivity index (χ1v) is 7.81. The Morgan fingerprint density at radius 2 is 2.24 bits per heavy atom. The zero-order valence-corrected chi connectivity index (χ0v) is 12.2. The van der Waals surface area contributed by atoms with E-state index in [2.05, 4.69) is 32.4 Å². The van der Waals surface area contributed by atoms with Crippen LogP contribution in [0.3, 0.4) is 0 Å². The lowest BCUT2D eigenvalue weighted by Crippen LogP contribution is -2.43. The van der Waals surface area contributed by atoms with Gasteiger partial charge in [0, 0.05) is 57.2 Å². The highest BCUT2D eigenvalue weighted by molar-refractivity contribution is 5.56. The first-order chi connectivity index (χ1) is 10.4. The van der Waals surface area contributed by atoms with Crippen molar-refractivity contribution >= 4 is 11.3 Å². The zero-order chi connectivity index (χ0) is 14.1. The summed E-state index contributed by atoms with van der Waals surface area (Å²) in [6, 6.07) is 4.26. The van der Waals surface area contributed by atoms with Gasteiger partial charge in [0.25, 0.3) is 0 Å². The molecule has 1 unspecified atom stereocenters. The fourth-order valence-electron chi connectivity index (χ4n) is 3.13. The van der Waals surface area contributed by atoms with Gasteiger partial charge in [-0.1, -0.05) is 0 Å². The van der Waals surface area contributed by atoms with E-state index in [0.29, 0.717) is 6.10 Å². The Hall–Kier alpha value is -1.66. The van der Waals surface area contributed by atoms with E-state index in [9.17, 15) is 0 Å². The minimum Gasteiger partial charge on any atom is -0.378 e. The summed E-state index contributed by atoms with van der Waals surface area (Å²) in [7, 11) is 0. The van der Waals surface area contributed by atoms with Gasteiger partial charge >= 0.3 is 0 Å². The highest BCUT2D eigenvalue weighted by atomic mass is 16.5. The Bertz CT molecular complexity index is 614. The molecule has 2 fully saturated rings. The van der Waals surface area contributed by atoms with E-state index in [0.717, 1.165) is 63.5 Å². The highest BCUT2D eigenvalue weighted by Crippen LogP contribution is 2.19. The summed E-state index contributed by atoms with van der Waals surface area (Å²) >= 11 is 0. The quantitative estimate of drug-likeness (QED) is 0.907. The first-order valence-electron chi connectivity index (χ1n) is 7.81. The lowest BCUT2D eigenvalue weighted by Gasteiger charge is -2.29. The summed E-state index contributed by atoms with van der Waals surface area (Å²) in [6.07, 6.45) is 5.42. The van der Waals surface area contributed by atoms with Gasteiger partial charge in [0.15, 0.2) is 11.5 Å². The van der Waals surface area contributed by atoms with E-state index in [4.69, 9.17) is 4.74 Å². The van der Waals surface area contributed by atoms with Crippen molar-refractivity contribution in [1.82, 2.24) is 19.9 Å². The lowest BCUT2D eigenvalue weighted by molar-refractivity contribution is 0.110. The third-order valence-electron chi connectivity index (χ3n) is 4.28. The van der Waals surface area contributed by atoms with E-state index in [1.54, 1.807) is 0 Å². The number of anilines is 1. The van der Waals surface area contributed by atoms with Gasteiger partial charge < -0.3 is 15.0 Å². The average Bonchev–Trinajstić information content (AvgIpc) is 3.16. The number of hydrogen-bond acceptors (Lipinski definition) is 5. The second-order valence-corrected chi connectivity index (χ2v) is 5.79. The van der Waals surface area contributed by atoms with Crippen LogP contribution in [0.25, 0.3) is 5.65 Å². The second-order valence-electron chi connectivity index (χ2n) is 5.79. The summed E-state index contributed by atoms with van der Waals surface area (Å²) in [5.41, 5.74) is 2.17. The number of nitrogens with one attached hydrogen (secondary N) is 1. The lowest BCUT2D eigenvalue weighted by atomic mass is 10.2. The van der Waals surface area contributed by atoms with Crippen molar-refractivity contribution in [3.8, 4) is 0 Å². The molecule has 2 aromatic rings. The number of hydrogen-bond donors (Lipinski definition) is 1. The van der Waals surface area contributed by atoms with Crippen LogP contribution in [0.5, 0.6) is 0 Å². The molecule has 112 valence electrons. The molecule has 0 aliphatic carbocycles. The Morgan fingerprint density at radius 1 is 1.33 bits per heavy atom. The molecule has 0 radical (unpaired) electrons. The Balaban J connectivity index is 1.55. The third-order valence-corrected chi connectivity index (χ3v) is 4.28. The van der Waals surface area contributed by atoms with Crippen molar-refractivity contribution in [3.05, 3.63) is 24.2 Å². The van der Waals surface area contributed by atoms with Gasteiger partial charge in [0.1, 0.15) is 0 Å². The van der Waals surface area contributed by atoms with Gasteiger partial charge in [0.05, 0.1) is 6.10 Å². The molecule has 21 heavy (non-hydrogen) atoms. The molecular formula is C15H21N5O. The Kier molecular flexibility index (Phi) is 3.48. The number of rotatable bonds is 3. The Morgan fingerprint density at radius 3 is 3.05 bits per heavy atom. The highest BCUT2D eigenvalue weighted by Gasteiger charge is 2.19. The number of aromatic nitrogens is 3. The Labute approximate surface area is 124 Å². The normalized spacial score (nSPS) is 23.0. The van der Waals surface area contributed by atoms with Gasteiger partial charge in [-0.15, -0.1) is 0 Å². The van der Waals surface area contributed by atoms with Crippen LogP contribution in [0.4, 0.5) is 5.69 Å². The van der Waals surface area contributed by atoms with Crippen LogP contribution in [0.1, 0.15) is 18.7 Å². The molecule has 1 N–H and O–H groups in total. The van der Waals surface area contributed by atoms with Gasteiger partial charge in [0.2, 0.25) is 0 Å². The first kappa shape index (κ1) is 13.0. The van der Waals surface area contributed by atoms with Crippen LogP contribution >= 0.6 is 0 Å². The van der Waals surface area contributed by atoms with Crippen LogP contribution in [0.2, 0.25) is 0 Å². The maximum Gasteiger partial charge on any atom is 0.157 e. The predicted molar refractivity (Wildman–Crippen MR) is 80.7 cm³/mol. The van der Waals surface area contributed by atoms with Crippen molar-refractivity contribution in [3.63, 3.8) is 0 Å². The zero-order valence-electron chi connectivity index (χ0n) is 12.2. The fraction of sp³-hybridized carbons (Fsp3) is 0.600. The molecule has 0 saturated carbocycles. The second kappa shape index (κ2) is 5.61. The van der Waals surface area contributed by atoms with Crippen molar-refractivity contribution in [1.29, 1.82) is 0 Å². The molecule has 2 aromatic heterocycles. The van der Waals surface area contributed by atoms with Crippen molar-refractivity contribution in [2.24, 2.45) is 0 Å². The molecule has 0 spiro atoms. The maximum absolute atomic E-state index is 5.67. The minimum atomic E-state index is 0.301. The summed E-state index contributed by atoms with van der Waals surface area (Å²) in [4.78, 5) is 7.06. The van der Waals surface area contributed by atoms with E-state index >= 15 is 0 Å². The van der Waals surface area contributed by atoms with Crippen LogP contribution < -0.4 is 10.2 Å². The number of fused-ring (bicyclic) bond motifs is 1. The SMILES string of the molecule is c1cn2nc(CC3CCCO3)nc2cc1N1CCNCC1. The topological polar surface area (TPSA) is 54.7 Å². The molecule has 1 atom stereocenters. The molecular weight excluding hydrogens is 266 g/mol. The van der Waals surface area contributed by atoms with Crippen LogP contribution in [0, 0.1) is 0 Å². The molecule has 0 amide bonds. The molecule has 4 rings (SSSR count). The van der Waals surface area contributed by atoms with E-state index in [-0.39, 0.29) is 0 Å². The fourth-order valence-corrected chi connectivity index (χ4v) is 3.13. The van der Waals surface area contributed by atoms with Crippen LogP contribution in [-0.2, 0) is 11.2 Å². The monoisotopic (exact) mass is 287 g/mol. The third kappa shape index (κ3) is 2.73. The molecule has 0 aromatic carbocycles. The van der Waals surface area contributed by atoms with Gasteiger partial charge in [-0.25, -0.2) is 9.50 Å². The molecule has 2 aliphatic rings. The molecule has 0 bridgehead atoms. The maximum atomic E-state index is 5.67. The summed E-state index contributed by atoms with van der Waals surface area (Å²) in [5, 5.41) is 7.93. The van der Waals surface area contributed by atoms with Gasteiger partial charge in [-0.05, 0) is 18.9 Å². The van der Waals surface area contributed by atoms with E-state index in [1.807, 2.05) is 10.7 Å². The van der Waals surface area contributed by atoms with E-state index < -0.39 is 0 Å². The molecule has 4 heterocycles. The number of nitrogens with zero attached hydrogens (tertiary/aromatic N) is 4. The summed E-state index contributed by atoms with van der Waals surface area (Å²) < 4.78 is 7.54. The van der Waals surface area contributed by atoms with Crippen molar-refractivity contribution in [2.45, 2.75) is 25.4 Å². The number of ether oxygens (including phenoxy) is 1. The smallest absolute Gasteiger partial charge is 0.157 e. The van der Waals surface area contributed by atoms with Gasteiger partial charge in [-0.3, -0.25) is 0 Å². The average molecular weight is 287 g/mol. The molecule has 2 saturated heterocycles. The standard InChI is InChI=1S/C15H21N5O/c1-2-13(21-9-1)11-14-17-15-10-12(3-6-20(15)18-14)19-7-4-16-5-8-19/h3,6,10,13,16H,1-2,4-5,7-9,11H2. The molecule has 2 aliphatic heterocycles. The molecule has 6 nitrogen and oxygen atoms in total. The molecule has 6 heteroatoms. The minimum absolute atomic E-state index is 0.301. The van der Waals surface area contributed by atoms with Crippen LogP contribution in [-0.4, -0.2) is 53.5 Å². The summed E-state index contributed by atoms with van der Waals surface area (Å²) in [6.45, 7) is 5.07. The summed E-state index contributed by atoms with van der Waals surface area (Å²) in [5.74, 6) is 0.888. The van der Waals surface area contributed by atoms with Gasteiger partial charge in [-0.2, -0.15) is 5.10 Å². The van der Waals surface area contributed by atoms with E-state index in [1.165, 1.54) is 5.69 Å². The van der Waals surface area contributed by atoms with Crippen molar-refractivity contribution < 1.29 is 4.74 Å². The van der Waals surface area contributed by atoms with Crippen molar-refractivity contribution in [2.75, 3.05) is 37.7 Å². The predicted octanol–water partition coefficient (Wildman–Crippen LogP) is 0.860.